The summed E-state index contributed by atoms with van der Waals surface area (Å²) in [5.41, 5.74) is 3.02. The number of fused-ring (bicyclic) bond motifs is 1. The zero-order valence-corrected chi connectivity index (χ0v) is 17.6. The van der Waals surface area contributed by atoms with E-state index in [1.54, 1.807) is 12.1 Å². The van der Waals surface area contributed by atoms with Crippen LogP contribution in [0.3, 0.4) is 0 Å². The predicted octanol–water partition coefficient (Wildman–Crippen LogP) is 4.84. The van der Waals surface area contributed by atoms with E-state index in [-0.39, 0.29) is 32.4 Å². The van der Waals surface area contributed by atoms with Gasteiger partial charge in [0.05, 0.1) is 5.56 Å². The first-order valence-corrected chi connectivity index (χ1v) is 10.5. The zero-order valence-electron chi connectivity index (χ0n) is 17.6. The van der Waals surface area contributed by atoms with Crippen molar-refractivity contribution >= 4 is 11.9 Å². The second-order valence-corrected chi connectivity index (χ2v) is 7.42. The Hall–Kier alpha value is -3.80. The number of esters is 2. The number of hydrogen-bond acceptors (Lipinski definition) is 6. The maximum absolute atomic E-state index is 12.8. The van der Waals surface area contributed by atoms with Crippen LogP contribution in [0.4, 0.5) is 0 Å². The van der Waals surface area contributed by atoms with E-state index in [1.807, 2.05) is 60.7 Å². The minimum Gasteiger partial charge on any atom is -0.461 e. The number of rotatable bonds is 9. The lowest BCUT2D eigenvalue weighted by molar-refractivity contribution is -0.145. The molecule has 0 atom stereocenters. The van der Waals surface area contributed by atoms with Crippen molar-refractivity contribution in [1.82, 2.24) is 0 Å². The standard InChI is InChI=1S/C26H24O6/c27-25(29-16-19-8-3-1-4-9-19)13-7-12-21-14-23-24(32-18-31-23)15-22(21)26(28)30-17-20-10-5-2-6-11-20/h1-6,8-11,14-15H,7,12-13,16-18H2. The highest BCUT2D eigenvalue weighted by Gasteiger charge is 2.22. The molecule has 0 aliphatic carbocycles. The van der Waals surface area contributed by atoms with Crippen LogP contribution in [0.5, 0.6) is 11.5 Å². The van der Waals surface area contributed by atoms with Gasteiger partial charge in [0.1, 0.15) is 13.2 Å². The van der Waals surface area contributed by atoms with Crippen LogP contribution in [0.15, 0.2) is 72.8 Å². The molecule has 1 aliphatic rings. The van der Waals surface area contributed by atoms with E-state index >= 15 is 0 Å². The fraction of sp³-hybridized carbons (Fsp3) is 0.231. The van der Waals surface area contributed by atoms with Crippen LogP contribution < -0.4 is 9.47 Å². The quantitative estimate of drug-likeness (QED) is 0.451. The lowest BCUT2D eigenvalue weighted by Gasteiger charge is -2.11. The molecule has 0 saturated carbocycles. The Bertz CT molecular complexity index is 1060. The third kappa shape index (κ3) is 5.66. The lowest BCUT2D eigenvalue weighted by Crippen LogP contribution is -2.10. The van der Waals surface area contributed by atoms with Gasteiger partial charge in [0.15, 0.2) is 11.5 Å². The fourth-order valence-corrected chi connectivity index (χ4v) is 3.42. The Morgan fingerprint density at radius 3 is 2.03 bits per heavy atom. The highest BCUT2D eigenvalue weighted by molar-refractivity contribution is 5.92. The summed E-state index contributed by atoms with van der Waals surface area (Å²) < 4.78 is 21.7. The Kier molecular flexibility index (Phi) is 7.02. The summed E-state index contributed by atoms with van der Waals surface area (Å²) in [6, 6.07) is 22.5. The number of carbonyl (C=O) groups excluding carboxylic acids is 2. The van der Waals surface area contributed by atoms with Crippen molar-refractivity contribution in [3.8, 4) is 11.5 Å². The molecule has 164 valence electrons. The SMILES string of the molecule is O=C(CCCc1cc2c(cc1C(=O)OCc1ccccc1)OCO2)OCc1ccccc1. The minimum atomic E-state index is -0.436. The number of aryl methyl sites for hydroxylation is 1. The first-order valence-electron chi connectivity index (χ1n) is 10.5. The van der Waals surface area contributed by atoms with Crippen LogP contribution in [0.2, 0.25) is 0 Å². The van der Waals surface area contributed by atoms with E-state index in [1.165, 1.54) is 0 Å². The van der Waals surface area contributed by atoms with Crippen LogP contribution in [0, 0.1) is 0 Å². The molecule has 0 saturated heterocycles. The Morgan fingerprint density at radius 1 is 0.781 bits per heavy atom. The van der Waals surface area contributed by atoms with Crippen molar-refractivity contribution in [3.63, 3.8) is 0 Å². The summed E-state index contributed by atoms with van der Waals surface area (Å²) in [6.45, 7) is 0.545. The molecule has 6 heteroatoms. The second-order valence-electron chi connectivity index (χ2n) is 7.42. The van der Waals surface area contributed by atoms with Gasteiger partial charge in [-0.05, 0) is 41.7 Å². The predicted molar refractivity (Wildman–Crippen MR) is 117 cm³/mol. The summed E-state index contributed by atoms with van der Waals surface area (Å²) in [5, 5.41) is 0. The van der Waals surface area contributed by atoms with Gasteiger partial charge in [-0.1, -0.05) is 60.7 Å². The van der Waals surface area contributed by atoms with Gasteiger partial charge in [0.25, 0.3) is 0 Å². The van der Waals surface area contributed by atoms with Gasteiger partial charge in [0, 0.05) is 6.42 Å². The molecule has 0 unspecified atom stereocenters. The van der Waals surface area contributed by atoms with Gasteiger partial charge in [-0.15, -0.1) is 0 Å². The maximum Gasteiger partial charge on any atom is 0.338 e. The summed E-state index contributed by atoms with van der Waals surface area (Å²) in [5.74, 6) is 0.394. The van der Waals surface area contributed by atoms with Crippen LogP contribution >= 0.6 is 0 Å². The van der Waals surface area contributed by atoms with Gasteiger partial charge in [-0.25, -0.2) is 4.79 Å². The molecule has 3 aromatic rings. The van der Waals surface area contributed by atoms with E-state index in [4.69, 9.17) is 18.9 Å². The molecule has 0 N–H and O–H groups in total. The van der Waals surface area contributed by atoms with E-state index in [0.29, 0.717) is 29.9 Å². The van der Waals surface area contributed by atoms with E-state index < -0.39 is 5.97 Å². The Balaban J connectivity index is 1.35. The number of benzene rings is 3. The monoisotopic (exact) mass is 432 g/mol. The molecule has 0 amide bonds. The van der Waals surface area contributed by atoms with E-state index in [0.717, 1.165) is 16.7 Å². The number of ether oxygens (including phenoxy) is 4. The third-order valence-electron chi connectivity index (χ3n) is 5.10. The summed E-state index contributed by atoms with van der Waals surface area (Å²) in [6.07, 6.45) is 1.29. The number of carbonyl (C=O) groups is 2. The molecule has 0 spiro atoms. The Morgan fingerprint density at radius 2 is 1.38 bits per heavy atom. The Labute approximate surface area is 186 Å². The second kappa shape index (κ2) is 10.5. The fourth-order valence-electron chi connectivity index (χ4n) is 3.42. The molecule has 1 aliphatic heterocycles. The molecule has 1 heterocycles. The zero-order chi connectivity index (χ0) is 22.2. The summed E-state index contributed by atoms with van der Waals surface area (Å²) in [7, 11) is 0. The molecule has 0 aromatic heterocycles. The molecule has 32 heavy (non-hydrogen) atoms. The molecular formula is C26H24O6. The van der Waals surface area contributed by atoms with Crippen molar-refractivity contribution in [1.29, 1.82) is 0 Å². The molecule has 0 bridgehead atoms. The van der Waals surface area contributed by atoms with Crippen molar-refractivity contribution in [2.75, 3.05) is 6.79 Å². The summed E-state index contributed by atoms with van der Waals surface area (Å²) in [4.78, 5) is 24.9. The van der Waals surface area contributed by atoms with Crippen molar-refractivity contribution in [3.05, 3.63) is 95.1 Å². The van der Waals surface area contributed by atoms with Crippen LogP contribution in [0.1, 0.15) is 39.9 Å². The molecule has 4 rings (SSSR count). The van der Waals surface area contributed by atoms with Crippen LogP contribution in [-0.4, -0.2) is 18.7 Å². The van der Waals surface area contributed by atoms with E-state index in [9.17, 15) is 9.59 Å². The van der Waals surface area contributed by atoms with Crippen LogP contribution in [-0.2, 0) is 33.9 Å². The van der Waals surface area contributed by atoms with Crippen LogP contribution in [0.25, 0.3) is 0 Å². The van der Waals surface area contributed by atoms with Crippen molar-refractivity contribution < 1.29 is 28.5 Å². The van der Waals surface area contributed by atoms with Gasteiger partial charge in [0.2, 0.25) is 6.79 Å². The first kappa shape index (κ1) is 21.4. The third-order valence-corrected chi connectivity index (χ3v) is 5.10. The van der Waals surface area contributed by atoms with Crippen molar-refractivity contribution in [2.45, 2.75) is 32.5 Å². The molecule has 6 nitrogen and oxygen atoms in total. The van der Waals surface area contributed by atoms with Gasteiger partial charge in [-0.3, -0.25) is 4.79 Å². The van der Waals surface area contributed by atoms with Gasteiger partial charge in [-0.2, -0.15) is 0 Å². The van der Waals surface area contributed by atoms with E-state index in [2.05, 4.69) is 0 Å². The first-order chi connectivity index (χ1) is 15.7. The number of hydrogen-bond donors (Lipinski definition) is 0. The highest BCUT2D eigenvalue weighted by Crippen LogP contribution is 2.35. The maximum atomic E-state index is 12.8. The molecule has 3 aromatic carbocycles. The molecule has 0 radical (unpaired) electrons. The van der Waals surface area contributed by atoms with Gasteiger partial charge >= 0.3 is 11.9 Å². The minimum absolute atomic E-state index is 0.114. The molecular weight excluding hydrogens is 408 g/mol. The largest absolute Gasteiger partial charge is 0.461 e. The van der Waals surface area contributed by atoms with Gasteiger partial charge < -0.3 is 18.9 Å². The normalized spacial score (nSPS) is 11.8. The summed E-state index contributed by atoms with van der Waals surface area (Å²) >= 11 is 0. The van der Waals surface area contributed by atoms with Crippen molar-refractivity contribution in [2.24, 2.45) is 0 Å². The highest BCUT2D eigenvalue weighted by atomic mass is 16.7. The topological polar surface area (TPSA) is 71.1 Å². The average Bonchev–Trinajstić information content (AvgIpc) is 3.29. The lowest BCUT2D eigenvalue weighted by atomic mass is 10.0. The average molecular weight is 432 g/mol. The molecule has 0 fully saturated rings. The smallest absolute Gasteiger partial charge is 0.338 e.